The van der Waals surface area contributed by atoms with Gasteiger partial charge in [-0.25, -0.2) is 0 Å². The van der Waals surface area contributed by atoms with E-state index in [4.69, 9.17) is 26.0 Å². The molecule has 0 saturated carbocycles. The molecule has 0 aliphatic rings. The van der Waals surface area contributed by atoms with Crippen LogP contribution in [0.2, 0.25) is 0 Å². The van der Waals surface area contributed by atoms with Crippen molar-refractivity contribution in [1.82, 2.24) is 5.17 Å². The Balaban J connectivity index is 0.000000273. The molecule has 0 aromatic heterocycles. The molecular formula is C15H18N4O6S. The van der Waals surface area contributed by atoms with E-state index in [1.807, 2.05) is 6.92 Å². The predicted octanol–water partition coefficient (Wildman–Crippen LogP) is 1.26. The lowest BCUT2D eigenvalue weighted by atomic mass is 10.2. The van der Waals surface area contributed by atoms with Crippen LogP contribution < -0.4 is 5.73 Å². The van der Waals surface area contributed by atoms with Crippen molar-refractivity contribution in [1.29, 1.82) is 5.41 Å². The Kier molecular flexibility index (Phi) is 7.07. The Morgan fingerprint density at radius 1 is 1.19 bits per heavy atom. The Morgan fingerprint density at radius 3 is 2.27 bits per heavy atom. The molecule has 0 atom stereocenters. The summed E-state index contributed by atoms with van der Waals surface area (Å²) in [6, 6.07) is 10.2. The molecule has 2 rings (SSSR count). The van der Waals surface area contributed by atoms with Crippen molar-refractivity contribution in [2.24, 2.45) is 10.8 Å². The summed E-state index contributed by atoms with van der Waals surface area (Å²) in [5, 5.41) is 37.6. The third-order valence-electron chi connectivity index (χ3n) is 2.89. The zero-order valence-corrected chi connectivity index (χ0v) is 14.4. The molecule has 26 heavy (non-hydrogen) atoms. The average Bonchev–Trinajstić information content (AvgIpc) is 2.56. The van der Waals surface area contributed by atoms with Gasteiger partial charge in [-0.15, -0.1) is 5.17 Å². The Bertz CT molecular complexity index is 897. The average molecular weight is 382 g/mol. The number of nitrogens with one attached hydrogen (secondary N) is 1. The van der Waals surface area contributed by atoms with Gasteiger partial charge in [0.05, 0.1) is 11.1 Å². The van der Waals surface area contributed by atoms with Gasteiger partial charge in [0.15, 0.2) is 11.5 Å². The van der Waals surface area contributed by atoms with Crippen LogP contribution in [0.4, 0.5) is 0 Å². The number of phenols is 2. The molecule has 11 heteroatoms. The maximum atomic E-state index is 10.5. The van der Waals surface area contributed by atoms with Gasteiger partial charge in [-0.1, -0.05) is 23.8 Å². The van der Waals surface area contributed by atoms with Gasteiger partial charge in [-0.05, 0) is 31.2 Å². The first-order valence-corrected chi connectivity index (χ1v) is 8.38. The van der Waals surface area contributed by atoms with Crippen LogP contribution in [0.5, 0.6) is 11.5 Å². The van der Waals surface area contributed by atoms with Crippen LogP contribution >= 0.6 is 0 Å². The molecule has 2 aromatic carbocycles. The zero-order valence-electron chi connectivity index (χ0n) is 13.6. The highest BCUT2D eigenvalue weighted by Gasteiger charge is 2.07. The molecule has 140 valence electrons. The highest BCUT2D eigenvalue weighted by Crippen LogP contribution is 2.26. The van der Waals surface area contributed by atoms with Crippen molar-refractivity contribution in [3.63, 3.8) is 0 Å². The smallest absolute Gasteiger partial charge is 0.294 e. The van der Waals surface area contributed by atoms with Crippen LogP contribution in [0.1, 0.15) is 11.1 Å². The van der Waals surface area contributed by atoms with Crippen LogP contribution in [0.3, 0.4) is 0 Å². The third-order valence-corrected chi connectivity index (χ3v) is 3.75. The minimum absolute atomic E-state index is 0.0666. The lowest BCUT2D eigenvalue weighted by Crippen LogP contribution is -2.28. The van der Waals surface area contributed by atoms with Gasteiger partial charge < -0.3 is 15.9 Å². The molecule has 0 unspecified atom stereocenters. The van der Waals surface area contributed by atoms with E-state index in [1.165, 1.54) is 30.3 Å². The van der Waals surface area contributed by atoms with Crippen molar-refractivity contribution >= 4 is 22.3 Å². The number of hydroxylamine groups is 1. The predicted molar refractivity (Wildman–Crippen MR) is 93.9 cm³/mol. The molecule has 10 nitrogen and oxygen atoms in total. The molecule has 0 bridgehead atoms. The number of hydrazone groups is 1. The van der Waals surface area contributed by atoms with E-state index in [1.54, 1.807) is 12.1 Å². The van der Waals surface area contributed by atoms with Gasteiger partial charge in [0, 0.05) is 5.56 Å². The summed E-state index contributed by atoms with van der Waals surface area (Å²) < 4.78 is 29.6. The summed E-state index contributed by atoms with van der Waals surface area (Å²) >= 11 is 0. The van der Waals surface area contributed by atoms with Gasteiger partial charge in [0.1, 0.15) is 0 Å². The number of rotatable bonds is 3. The van der Waals surface area contributed by atoms with Crippen LogP contribution in [-0.2, 0) is 10.1 Å². The summed E-state index contributed by atoms with van der Waals surface area (Å²) in [4.78, 5) is -0.0666. The maximum Gasteiger partial charge on any atom is 0.294 e. The molecular weight excluding hydrogens is 364 g/mol. The van der Waals surface area contributed by atoms with Crippen molar-refractivity contribution in [3.8, 4) is 11.5 Å². The Hall–Kier alpha value is -3.15. The monoisotopic (exact) mass is 382 g/mol. The quantitative estimate of drug-likeness (QED) is 0.151. The highest BCUT2D eigenvalue weighted by molar-refractivity contribution is 7.85. The molecule has 0 aliphatic heterocycles. The number of aryl methyl sites for hydroxylation is 1. The number of hydrogen-bond acceptors (Lipinski definition) is 7. The fourth-order valence-corrected chi connectivity index (χ4v) is 2.02. The number of guanidine groups is 1. The summed E-state index contributed by atoms with van der Waals surface area (Å²) in [6.07, 6.45) is 1.05. The van der Waals surface area contributed by atoms with Crippen molar-refractivity contribution < 1.29 is 28.4 Å². The van der Waals surface area contributed by atoms with E-state index < -0.39 is 16.1 Å². The number of hydrogen-bond donors (Lipinski definition) is 6. The minimum Gasteiger partial charge on any atom is -0.504 e. The van der Waals surface area contributed by atoms with Crippen molar-refractivity contribution in [2.75, 3.05) is 0 Å². The Morgan fingerprint density at radius 2 is 1.77 bits per heavy atom. The second-order valence-electron chi connectivity index (χ2n) is 4.92. The second-order valence-corrected chi connectivity index (χ2v) is 6.34. The van der Waals surface area contributed by atoms with E-state index in [9.17, 15) is 13.5 Å². The van der Waals surface area contributed by atoms with Gasteiger partial charge >= 0.3 is 0 Å². The molecule has 0 heterocycles. The van der Waals surface area contributed by atoms with Gasteiger partial charge in [0.25, 0.3) is 10.1 Å². The van der Waals surface area contributed by atoms with Crippen LogP contribution in [0.25, 0.3) is 0 Å². The standard InChI is InChI=1S/C8H10N4O3.C7H8O3S/c9-8(10)12(15)11-4-5-2-1-3-6(13)7(5)14;1-6-2-4-7(5-3-6)11(8,9)10/h1-4,13-15H,(H3,9,10);2-5H,1H3,(H,8,9,10). The summed E-state index contributed by atoms with van der Waals surface area (Å²) in [7, 11) is -4.02. The zero-order chi connectivity index (χ0) is 19.9. The first kappa shape index (κ1) is 20.9. The van der Waals surface area contributed by atoms with E-state index in [2.05, 4.69) is 5.10 Å². The summed E-state index contributed by atoms with van der Waals surface area (Å²) in [5.41, 5.74) is 6.05. The largest absolute Gasteiger partial charge is 0.504 e. The molecule has 7 N–H and O–H groups in total. The number of nitrogens with zero attached hydrogens (tertiary/aromatic N) is 2. The molecule has 2 aromatic rings. The van der Waals surface area contributed by atoms with Gasteiger partial charge in [-0.3, -0.25) is 15.2 Å². The van der Waals surface area contributed by atoms with Crippen LogP contribution in [0.15, 0.2) is 52.5 Å². The normalized spacial score (nSPS) is 10.9. The molecule has 0 aliphatic carbocycles. The maximum absolute atomic E-state index is 10.5. The highest BCUT2D eigenvalue weighted by atomic mass is 32.2. The second kappa shape index (κ2) is 8.80. The van der Waals surface area contributed by atoms with Crippen LogP contribution in [-0.4, -0.2) is 45.7 Å². The van der Waals surface area contributed by atoms with E-state index in [-0.39, 0.29) is 27.1 Å². The number of aromatic hydroxyl groups is 2. The number of benzene rings is 2. The first-order valence-electron chi connectivity index (χ1n) is 6.94. The minimum atomic E-state index is -4.02. The van der Waals surface area contributed by atoms with Crippen molar-refractivity contribution in [2.45, 2.75) is 11.8 Å². The number of nitrogens with two attached hydrogens (primary N) is 1. The third kappa shape index (κ3) is 6.39. The molecule has 0 radical (unpaired) electrons. The first-order chi connectivity index (χ1) is 12.0. The molecule has 0 saturated heterocycles. The summed E-state index contributed by atoms with van der Waals surface area (Å²) in [5.74, 6) is -1.32. The summed E-state index contributed by atoms with van der Waals surface area (Å²) in [6.45, 7) is 1.84. The Labute approximate surface area is 149 Å². The number of phenolic OH excluding ortho intramolecular Hbond substituents is 2. The fraction of sp³-hybridized carbons (Fsp3) is 0.0667. The van der Waals surface area contributed by atoms with Crippen LogP contribution in [0, 0.1) is 12.3 Å². The molecule has 0 spiro atoms. The SMILES string of the molecule is Cc1ccc(S(=O)(=O)O)cc1.N=C(N)N(O)N=Cc1cccc(O)c1O. The van der Waals surface area contributed by atoms with Gasteiger partial charge in [-0.2, -0.15) is 13.5 Å². The van der Waals surface area contributed by atoms with E-state index >= 15 is 0 Å². The topological polar surface area (TPSA) is 181 Å². The lowest BCUT2D eigenvalue weighted by Gasteiger charge is -2.06. The molecule has 0 fully saturated rings. The van der Waals surface area contributed by atoms with Crippen molar-refractivity contribution in [3.05, 3.63) is 53.6 Å². The fourth-order valence-electron chi connectivity index (χ4n) is 1.54. The number of para-hydroxylation sites is 1. The van der Waals surface area contributed by atoms with Gasteiger partial charge in [0.2, 0.25) is 5.96 Å². The lowest BCUT2D eigenvalue weighted by molar-refractivity contribution is -0.0139. The molecule has 0 amide bonds. The van der Waals surface area contributed by atoms with E-state index in [0.717, 1.165) is 11.8 Å². The van der Waals surface area contributed by atoms with E-state index in [0.29, 0.717) is 0 Å².